The highest BCUT2D eigenvalue weighted by Crippen LogP contribution is 2.24. The number of hydrogen-bond acceptors (Lipinski definition) is 3. The van der Waals surface area contributed by atoms with Crippen molar-refractivity contribution < 1.29 is 4.79 Å². The van der Waals surface area contributed by atoms with E-state index in [-0.39, 0.29) is 5.91 Å². The van der Waals surface area contributed by atoms with E-state index >= 15 is 0 Å². The number of benzene rings is 2. The predicted octanol–water partition coefficient (Wildman–Crippen LogP) is 3.72. The van der Waals surface area contributed by atoms with Gasteiger partial charge < -0.3 is 11.1 Å². The minimum atomic E-state index is -0.234. The van der Waals surface area contributed by atoms with Gasteiger partial charge in [-0.1, -0.05) is 23.7 Å². The van der Waals surface area contributed by atoms with Crippen molar-refractivity contribution in [2.75, 3.05) is 11.1 Å². The summed E-state index contributed by atoms with van der Waals surface area (Å²) in [6, 6.07) is 12.3. The van der Waals surface area contributed by atoms with Crippen LogP contribution in [0, 0.1) is 0 Å². The van der Waals surface area contributed by atoms with Gasteiger partial charge in [0.25, 0.3) is 5.91 Å². The molecule has 0 saturated carbocycles. The number of amides is 1. The molecule has 0 radical (unpaired) electrons. The number of halogens is 1. The van der Waals surface area contributed by atoms with Gasteiger partial charge in [0, 0.05) is 34.4 Å². The van der Waals surface area contributed by atoms with Gasteiger partial charge in [0.05, 0.1) is 10.7 Å². The number of hydrogen-bond donors (Lipinski definition) is 2. The van der Waals surface area contributed by atoms with Gasteiger partial charge in [0.15, 0.2) is 0 Å². The Labute approximate surface area is 126 Å². The number of anilines is 2. The standard InChI is InChI=1S/C16H12ClN3O/c17-13-5-4-10(8-14(13)18)16(21)20-15-3-1-2-11-9-19-7-6-12(11)15/h1-9H,18H2,(H,20,21). The molecular formula is C16H12ClN3O. The zero-order chi connectivity index (χ0) is 14.8. The topological polar surface area (TPSA) is 68.0 Å². The van der Waals surface area contributed by atoms with E-state index in [1.165, 1.54) is 0 Å². The number of pyridine rings is 1. The van der Waals surface area contributed by atoms with Gasteiger partial charge in [-0.15, -0.1) is 0 Å². The van der Waals surface area contributed by atoms with Crippen molar-refractivity contribution in [2.24, 2.45) is 0 Å². The van der Waals surface area contributed by atoms with Crippen LogP contribution in [0.5, 0.6) is 0 Å². The molecule has 1 amide bonds. The zero-order valence-electron chi connectivity index (χ0n) is 11.0. The van der Waals surface area contributed by atoms with Crippen molar-refractivity contribution in [3.63, 3.8) is 0 Å². The van der Waals surface area contributed by atoms with Gasteiger partial charge in [-0.05, 0) is 30.3 Å². The van der Waals surface area contributed by atoms with Crippen LogP contribution in [-0.2, 0) is 0 Å². The summed E-state index contributed by atoms with van der Waals surface area (Å²) in [6.07, 6.45) is 3.45. The fraction of sp³-hybridized carbons (Fsp3) is 0. The molecule has 21 heavy (non-hydrogen) atoms. The summed E-state index contributed by atoms with van der Waals surface area (Å²) in [6.45, 7) is 0. The van der Waals surface area contributed by atoms with Crippen LogP contribution in [-0.4, -0.2) is 10.9 Å². The number of aromatic nitrogens is 1. The maximum absolute atomic E-state index is 12.3. The lowest BCUT2D eigenvalue weighted by atomic mass is 10.1. The van der Waals surface area contributed by atoms with Crippen LogP contribution in [0.2, 0.25) is 5.02 Å². The molecule has 0 saturated heterocycles. The highest BCUT2D eigenvalue weighted by Gasteiger charge is 2.09. The third-order valence-corrected chi connectivity index (χ3v) is 3.53. The molecule has 4 nitrogen and oxygen atoms in total. The summed E-state index contributed by atoms with van der Waals surface area (Å²) in [5.74, 6) is -0.234. The van der Waals surface area contributed by atoms with E-state index < -0.39 is 0 Å². The summed E-state index contributed by atoms with van der Waals surface area (Å²) < 4.78 is 0. The molecular weight excluding hydrogens is 286 g/mol. The van der Waals surface area contributed by atoms with Crippen molar-refractivity contribution in [3.05, 3.63) is 65.4 Å². The van der Waals surface area contributed by atoms with Gasteiger partial charge in [-0.2, -0.15) is 0 Å². The number of rotatable bonds is 2. The number of carbonyl (C=O) groups excluding carboxylic acids is 1. The quantitative estimate of drug-likeness (QED) is 0.708. The molecule has 3 N–H and O–H groups in total. The molecule has 3 rings (SSSR count). The number of nitrogens with zero attached hydrogens (tertiary/aromatic N) is 1. The molecule has 0 spiro atoms. The Hall–Kier alpha value is -2.59. The normalized spacial score (nSPS) is 10.5. The minimum Gasteiger partial charge on any atom is -0.398 e. The lowest BCUT2D eigenvalue weighted by Crippen LogP contribution is -2.12. The molecule has 0 atom stereocenters. The Bertz CT molecular complexity index is 827. The van der Waals surface area contributed by atoms with Crippen molar-refractivity contribution in [2.45, 2.75) is 0 Å². The first-order chi connectivity index (χ1) is 10.1. The van der Waals surface area contributed by atoms with Crippen LogP contribution < -0.4 is 11.1 Å². The molecule has 2 aromatic carbocycles. The van der Waals surface area contributed by atoms with E-state index in [0.29, 0.717) is 16.3 Å². The first-order valence-electron chi connectivity index (χ1n) is 6.34. The van der Waals surface area contributed by atoms with Crippen molar-refractivity contribution in [3.8, 4) is 0 Å². The second kappa shape index (κ2) is 5.42. The minimum absolute atomic E-state index is 0.234. The number of nitrogens with two attached hydrogens (primary N) is 1. The average molecular weight is 298 g/mol. The van der Waals surface area contributed by atoms with Crippen molar-refractivity contribution >= 4 is 39.7 Å². The molecule has 0 unspecified atom stereocenters. The van der Waals surface area contributed by atoms with Gasteiger partial charge in [-0.3, -0.25) is 9.78 Å². The smallest absolute Gasteiger partial charge is 0.255 e. The van der Waals surface area contributed by atoms with E-state index in [4.69, 9.17) is 17.3 Å². The van der Waals surface area contributed by atoms with Crippen LogP contribution in [0.15, 0.2) is 54.9 Å². The van der Waals surface area contributed by atoms with Crippen molar-refractivity contribution in [1.29, 1.82) is 0 Å². The predicted molar refractivity (Wildman–Crippen MR) is 85.6 cm³/mol. The summed E-state index contributed by atoms with van der Waals surface area (Å²) in [4.78, 5) is 16.4. The maximum Gasteiger partial charge on any atom is 0.255 e. The molecule has 3 aromatic rings. The second-order valence-electron chi connectivity index (χ2n) is 4.59. The van der Waals surface area contributed by atoms with Crippen LogP contribution in [0.4, 0.5) is 11.4 Å². The average Bonchev–Trinajstić information content (AvgIpc) is 2.50. The third-order valence-electron chi connectivity index (χ3n) is 3.19. The molecule has 104 valence electrons. The molecule has 0 aliphatic carbocycles. The molecule has 0 bridgehead atoms. The highest BCUT2D eigenvalue weighted by atomic mass is 35.5. The number of nitrogens with one attached hydrogen (secondary N) is 1. The number of nitrogen functional groups attached to an aromatic ring is 1. The molecule has 5 heteroatoms. The Kier molecular flexibility index (Phi) is 3.46. The van der Waals surface area contributed by atoms with Crippen molar-refractivity contribution in [1.82, 2.24) is 4.98 Å². The SMILES string of the molecule is Nc1cc(C(=O)Nc2cccc3cnccc23)ccc1Cl. The number of carbonyl (C=O) groups is 1. The Morgan fingerprint density at radius 1 is 1.19 bits per heavy atom. The Morgan fingerprint density at radius 3 is 2.86 bits per heavy atom. The first kappa shape index (κ1) is 13.4. The zero-order valence-corrected chi connectivity index (χ0v) is 11.8. The van der Waals surface area contributed by atoms with E-state index in [0.717, 1.165) is 16.5 Å². The van der Waals surface area contributed by atoms with E-state index in [2.05, 4.69) is 10.3 Å². The summed E-state index contributed by atoms with van der Waals surface area (Å²) in [5, 5.41) is 5.21. The molecule has 0 aliphatic rings. The lowest BCUT2D eigenvalue weighted by Gasteiger charge is -2.09. The van der Waals surface area contributed by atoms with E-state index in [1.807, 2.05) is 24.3 Å². The van der Waals surface area contributed by atoms with Crippen LogP contribution in [0.25, 0.3) is 10.8 Å². The molecule has 1 heterocycles. The third kappa shape index (κ3) is 2.66. The largest absolute Gasteiger partial charge is 0.398 e. The van der Waals surface area contributed by atoms with Crippen LogP contribution in [0.1, 0.15) is 10.4 Å². The molecule has 1 aromatic heterocycles. The fourth-order valence-corrected chi connectivity index (χ4v) is 2.23. The fourth-order valence-electron chi connectivity index (χ4n) is 2.11. The van der Waals surface area contributed by atoms with Crippen LogP contribution >= 0.6 is 11.6 Å². The summed E-state index contributed by atoms with van der Waals surface area (Å²) in [5.41, 5.74) is 7.29. The van der Waals surface area contributed by atoms with E-state index in [9.17, 15) is 4.79 Å². The Balaban J connectivity index is 1.94. The van der Waals surface area contributed by atoms with Gasteiger partial charge in [-0.25, -0.2) is 0 Å². The molecule has 0 fully saturated rings. The molecule has 0 aliphatic heterocycles. The van der Waals surface area contributed by atoms with Crippen LogP contribution in [0.3, 0.4) is 0 Å². The van der Waals surface area contributed by atoms with E-state index in [1.54, 1.807) is 30.6 Å². The monoisotopic (exact) mass is 297 g/mol. The van der Waals surface area contributed by atoms with Gasteiger partial charge in [0.1, 0.15) is 0 Å². The summed E-state index contributed by atoms with van der Waals surface area (Å²) >= 11 is 5.86. The summed E-state index contributed by atoms with van der Waals surface area (Å²) in [7, 11) is 0. The lowest BCUT2D eigenvalue weighted by molar-refractivity contribution is 0.102. The Morgan fingerprint density at radius 2 is 2.05 bits per heavy atom. The maximum atomic E-state index is 12.3. The van der Waals surface area contributed by atoms with Gasteiger partial charge in [0.2, 0.25) is 0 Å². The number of fused-ring (bicyclic) bond motifs is 1. The first-order valence-corrected chi connectivity index (χ1v) is 6.72. The van der Waals surface area contributed by atoms with Gasteiger partial charge >= 0.3 is 0 Å². The second-order valence-corrected chi connectivity index (χ2v) is 5.00. The highest BCUT2D eigenvalue weighted by molar-refractivity contribution is 6.33.